The fraction of sp³-hybridized carbons (Fsp3) is 0.933. The molecule has 0 aliphatic rings. The summed E-state index contributed by atoms with van der Waals surface area (Å²) in [6, 6.07) is 0. The van der Waals surface area contributed by atoms with Gasteiger partial charge in [-0.2, -0.15) is 0 Å². The van der Waals surface area contributed by atoms with Crippen LogP contribution in [0.3, 0.4) is 0 Å². The highest BCUT2D eigenvalue weighted by molar-refractivity contribution is 5.77. The van der Waals surface area contributed by atoms with Gasteiger partial charge < -0.3 is 18.9 Å². The van der Waals surface area contributed by atoms with Crippen LogP contribution in [-0.4, -0.2) is 81.2 Å². The van der Waals surface area contributed by atoms with Gasteiger partial charge in [-0.1, -0.05) is 194 Å². The molecule has 0 unspecified atom stereocenters. The van der Waals surface area contributed by atoms with Crippen molar-refractivity contribution in [3.8, 4) is 0 Å². The van der Waals surface area contributed by atoms with E-state index >= 15 is 0 Å². The molecule has 0 aromatic carbocycles. The molecule has 0 heterocycles. The van der Waals surface area contributed by atoms with Crippen molar-refractivity contribution in [3.63, 3.8) is 0 Å². The smallest absolute Gasteiger partial charge is 0.305 e. The van der Waals surface area contributed by atoms with Gasteiger partial charge in [-0.25, -0.2) is 0 Å². The predicted octanol–water partition coefficient (Wildman–Crippen LogP) is 12.1. The molecule has 0 aromatic heterocycles. The molecule has 0 aliphatic heterocycles. The Hall–Kier alpha value is -1.63. The highest BCUT2D eigenvalue weighted by Crippen LogP contribution is 2.15. The van der Waals surface area contributed by atoms with Crippen LogP contribution >= 0.6 is 0 Å². The minimum absolute atomic E-state index is 0.0237. The molecule has 0 saturated carbocycles. The van der Waals surface area contributed by atoms with Gasteiger partial charge in [0, 0.05) is 12.8 Å². The second kappa shape index (κ2) is 37.7. The van der Waals surface area contributed by atoms with E-state index in [1.165, 1.54) is 167 Å². The number of rotatable bonds is 40. The van der Waals surface area contributed by atoms with Gasteiger partial charge in [0.05, 0.1) is 34.2 Å². The van der Waals surface area contributed by atoms with Gasteiger partial charge in [0.25, 0.3) is 5.91 Å². The lowest BCUT2D eigenvalue weighted by atomic mass is 10.0. The number of likely N-dealkylation sites (N-methyl/N-ethyl adjacent to an activating group) is 1. The Bertz CT molecular complexity index is 760. The van der Waals surface area contributed by atoms with Crippen LogP contribution in [0.2, 0.25) is 0 Å². The molecule has 0 fully saturated rings. The number of hydrogen-bond acceptors (Lipinski definition) is 5. The first-order valence-electron chi connectivity index (χ1n) is 22.6. The fourth-order valence-electron chi connectivity index (χ4n) is 6.83. The molecular weight excluding hydrogens is 649 g/mol. The quantitative estimate of drug-likeness (QED) is 0.0356. The van der Waals surface area contributed by atoms with E-state index in [1.54, 1.807) is 4.90 Å². The Morgan fingerprint density at radius 1 is 0.404 bits per heavy atom. The highest BCUT2D eigenvalue weighted by atomic mass is 16.5. The molecule has 0 aromatic rings. The summed E-state index contributed by atoms with van der Waals surface area (Å²) in [6.07, 6.45) is 39.8. The van der Waals surface area contributed by atoms with Crippen molar-refractivity contribution in [2.45, 2.75) is 219 Å². The van der Waals surface area contributed by atoms with Crippen molar-refractivity contribution >= 4 is 17.8 Å². The summed E-state index contributed by atoms with van der Waals surface area (Å²) < 4.78 is 11.5. The first-order chi connectivity index (χ1) is 25.2. The average molecular weight is 738 g/mol. The molecule has 0 radical (unpaired) electrons. The van der Waals surface area contributed by atoms with Gasteiger partial charge in [-0.15, -0.1) is 0 Å². The lowest BCUT2D eigenvalue weighted by Crippen LogP contribution is -2.48. The molecule has 0 N–H and O–H groups in total. The molecule has 0 rings (SSSR count). The van der Waals surface area contributed by atoms with Crippen LogP contribution in [0.25, 0.3) is 0 Å². The molecule has 0 saturated heterocycles. The minimum Gasteiger partial charge on any atom is -0.464 e. The van der Waals surface area contributed by atoms with E-state index in [-0.39, 0.29) is 31.1 Å². The number of amides is 1. The predicted molar refractivity (Wildman–Crippen MR) is 220 cm³/mol. The number of nitrogens with zero attached hydrogens (tertiary/aromatic N) is 2. The summed E-state index contributed by atoms with van der Waals surface area (Å²) in [4.78, 5) is 39.4. The first-order valence-corrected chi connectivity index (χ1v) is 22.6. The summed E-state index contributed by atoms with van der Waals surface area (Å²) in [5.74, 6) is -0.406. The largest absolute Gasteiger partial charge is 0.464 e. The molecule has 52 heavy (non-hydrogen) atoms. The van der Waals surface area contributed by atoms with E-state index in [0.717, 1.165) is 25.7 Å². The molecule has 0 bridgehead atoms. The van der Waals surface area contributed by atoms with Crippen LogP contribution in [-0.2, 0) is 23.9 Å². The summed E-state index contributed by atoms with van der Waals surface area (Å²) in [6.45, 7) is 5.87. The van der Waals surface area contributed by atoms with Crippen molar-refractivity contribution in [2.75, 3.05) is 54.0 Å². The Kier molecular flexibility index (Phi) is 36.5. The monoisotopic (exact) mass is 738 g/mol. The topological polar surface area (TPSA) is 72.9 Å². The normalized spacial score (nSPS) is 11.6. The third kappa shape index (κ3) is 38.1. The summed E-state index contributed by atoms with van der Waals surface area (Å²) in [5.41, 5.74) is 0. The number of carbonyl (C=O) groups excluding carboxylic acids is 3. The van der Waals surface area contributed by atoms with Gasteiger partial charge in [0.15, 0.2) is 6.54 Å². The Labute approximate surface area is 323 Å². The highest BCUT2D eigenvalue weighted by Gasteiger charge is 2.21. The maximum atomic E-state index is 13.0. The van der Waals surface area contributed by atoms with Gasteiger partial charge >= 0.3 is 11.9 Å². The third-order valence-electron chi connectivity index (χ3n) is 10.2. The first kappa shape index (κ1) is 50.4. The van der Waals surface area contributed by atoms with Gasteiger partial charge in [-0.3, -0.25) is 14.4 Å². The molecule has 1 amide bonds. The van der Waals surface area contributed by atoms with E-state index in [9.17, 15) is 14.4 Å². The van der Waals surface area contributed by atoms with Crippen molar-refractivity contribution in [1.29, 1.82) is 0 Å². The molecule has 7 nitrogen and oxygen atoms in total. The van der Waals surface area contributed by atoms with Crippen LogP contribution in [0.4, 0.5) is 0 Å². The molecular formula is C45H89N2O5+. The zero-order valence-corrected chi connectivity index (χ0v) is 35.6. The Balaban J connectivity index is 3.94. The van der Waals surface area contributed by atoms with Crippen molar-refractivity contribution in [2.24, 2.45) is 0 Å². The van der Waals surface area contributed by atoms with Crippen LogP contribution in [0.5, 0.6) is 0 Å². The zero-order valence-electron chi connectivity index (χ0n) is 35.6. The summed E-state index contributed by atoms with van der Waals surface area (Å²) in [5, 5.41) is 0. The molecule has 0 atom stereocenters. The fourth-order valence-corrected chi connectivity index (χ4v) is 6.83. The number of quaternary nitrogens is 1. The van der Waals surface area contributed by atoms with Crippen molar-refractivity contribution in [1.82, 2.24) is 4.90 Å². The van der Waals surface area contributed by atoms with Gasteiger partial charge in [0.1, 0.15) is 13.2 Å². The van der Waals surface area contributed by atoms with Crippen molar-refractivity contribution in [3.05, 3.63) is 0 Å². The number of esters is 2. The van der Waals surface area contributed by atoms with Crippen molar-refractivity contribution < 1.29 is 28.3 Å². The van der Waals surface area contributed by atoms with E-state index in [1.807, 2.05) is 21.1 Å². The second-order valence-electron chi connectivity index (χ2n) is 16.7. The summed E-state index contributed by atoms with van der Waals surface area (Å²) >= 11 is 0. The SMILES string of the molecule is CCCCCCCCCCCCCCCCCC(=O)OCCN(CCOC(=O)CCCCCCCCCCCCCCCCC)C(=O)C[N+](C)(C)C. The molecule has 7 heteroatoms. The second-order valence-corrected chi connectivity index (χ2v) is 16.7. The summed E-state index contributed by atoms with van der Waals surface area (Å²) in [7, 11) is 5.93. The minimum atomic E-state index is -0.191. The number of ether oxygens (including phenoxy) is 2. The van der Waals surface area contributed by atoms with Gasteiger partial charge in [0.2, 0.25) is 0 Å². The zero-order chi connectivity index (χ0) is 38.4. The third-order valence-corrected chi connectivity index (χ3v) is 10.2. The van der Waals surface area contributed by atoms with E-state index in [2.05, 4.69) is 13.8 Å². The molecule has 0 aliphatic carbocycles. The Morgan fingerprint density at radius 3 is 0.904 bits per heavy atom. The van der Waals surface area contributed by atoms with Crippen LogP contribution < -0.4 is 0 Å². The number of unbranched alkanes of at least 4 members (excludes halogenated alkanes) is 28. The lowest BCUT2D eigenvalue weighted by molar-refractivity contribution is -0.862. The lowest BCUT2D eigenvalue weighted by Gasteiger charge is -2.28. The molecule has 0 spiro atoms. The maximum absolute atomic E-state index is 13.0. The number of hydrogen-bond donors (Lipinski definition) is 0. The number of carbonyl (C=O) groups is 3. The average Bonchev–Trinajstić information content (AvgIpc) is 3.10. The van der Waals surface area contributed by atoms with Gasteiger partial charge in [-0.05, 0) is 12.8 Å². The van der Waals surface area contributed by atoms with Crippen LogP contribution in [0.1, 0.15) is 219 Å². The van der Waals surface area contributed by atoms with E-state index < -0.39 is 0 Å². The molecule has 308 valence electrons. The van der Waals surface area contributed by atoms with E-state index in [4.69, 9.17) is 9.47 Å². The maximum Gasteiger partial charge on any atom is 0.305 e. The van der Waals surface area contributed by atoms with Crippen LogP contribution in [0, 0.1) is 0 Å². The van der Waals surface area contributed by atoms with Crippen LogP contribution in [0.15, 0.2) is 0 Å². The van der Waals surface area contributed by atoms with E-state index in [0.29, 0.717) is 37.0 Å². The Morgan fingerprint density at radius 2 is 0.654 bits per heavy atom. The standard InChI is InChI=1S/C45H89N2O5/c1-6-8-10-12-14-16-18-20-22-24-26-28-30-32-34-36-44(49)51-40-38-46(43(48)42-47(3,4)5)39-41-52-45(50)37-35-33-31-29-27-25-23-21-19-17-15-13-11-9-7-2/h6-42H2,1-5H3/q+1.